The Kier molecular flexibility index (Phi) is 5.31. The molecule has 4 heteroatoms. The first-order valence-corrected chi connectivity index (χ1v) is 10.2. The molecule has 1 N–H and O–H groups in total. The van der Waals surface area contributed by atoms with Crippen LogP contribution in [0.2, 0.25) is 0 Å². The van der Waals surface area contributed by atoms with Crippen molar-refractivity contribution in [2.75, 3.05) is 13.2 Å². The molecule has 1 heterocycles. The van der Waals surface area contributed by atoms with Gasteiger partial charge in [0.05, 0.1) is 18.3 Å². The molecule has 3 rings (SSSR count). The Hall–Kier alpha value is -0.870. The van der Waals surface area contributed by atoms with Crippen LogP contribution in [0, 0.1) is 22.7 Å². The lowest BCUT2D eigenvalue weighted by Crippen LogP contribution is -2.55. The van der Waals surface area contributed by atoms with Gasteiger partial charge in [-0.05, 0) is 67.3 Å². The topological polar surface area (TPSA) is 55.8 Å². The van der Waals surface area contributed by atoms with Gasteiger partial charge in [-0.3, -0.25) is 4.79 Å². The number of aliphatic hydroxyl groups excluding tert-OH is 1. The van der Waals surface area contributed by atoms with Crippen molar-refractivity contribution in [1.29, 1.82) is 0 Å². The minimum Gasteiger partial charge on any atom is -0.461 e. The molecular formula is C22H36O4. The summed E-state index contributed by atoms with van der Waals surface area (Å²) in [5, 5.41) is 9.42. The molecule has 0 spiro atoms. The highest BCUT2D eigenvalue weighted by Gasteiger charge is 2.62. The molecule has 1 saturated heterocycles. The van der Waals surface area contributed by atoms with Crippen molar-refractivity contribution in [2.24, 2.45) is 22.7 Å². The normalized spacial score (nSPS) is 42.1. The molecule has 148 valence electrons. The number of esters is 1. The Balaban J connectivity index is 1.85. The Bertz CT molecular complexity index is 581. The van der Waals surface area contributed by atoms with E-state index in [4.69, 9.17) is 9.47 Å². The largest absolute Gasteiger partial charge is 0.461 e. The molecule has 0 radical (unpaired) electrons. The maximum atomic E-state index is 11.2. The lowest BCUT2D eigenvalue weighted by atomic mass is 9.45. The molecule has 3 aliphatic rings. The van der Waals surface area contributed by atoms with Crippen molar-refractivity contribution < 1.29 is 19.4 Å². The third-order valence-electron chi connectivity index (χ3n) is 7.81. The van der Waals surface area contributed by atoms with Crippen molar-refractivity contribution in [3.63, 3.8) is 0 Å². The van der Waals surface area contributed by atoms with E-state index in [1.54, 1.807) is 6.08 Å². The van der Waals surface area contributed by atoms with Gasteiger partial charge in [-0.1, -0.05) is 33.3 Å². The van der Waals surface area contributed by atoms with Crippen LogP contribution >= 0.6 is 0 Å². The van der Waals surface area contributed by atoms with Gasteiger partial charge in [0.15, 0.2) is 0 Å². The summed E-state index contributed by atoms with van der Waals surface area (Å²) in [5.41, 5.74) is 1.49. The van der Waals surface area contributed by atoms with Gasteiger partial charge in [0, 0.05) is 6.92 Å². The molecule has 0 aromatic rings. The minimum absolute atomic E-state index is 0.0508. The molecule has 0 aromatic heterocycles. The molecule has 0 aromatic carbocycles. The van der Waals surface area contributed by atoms with Gasteiger partial charge < -0.3 is 14.6 Å². The average Bonchev–Trinajstić information content (AvgIpc) is 2.89. The molecule has 3 fully saturated rings. The lowest BCUT2D eigenvalue weighted by Gasteiger charge is -2.60. The number of carbonyl (C=O) groups is 1. The third kappa shape index (κ3) is 3.35. The first kappa shape index (κ1) is 19.9. The molecular weight excluding hydrogens is 328 g/mol. The standard InChI is InChI=1S/C22H36O4/c1-15(24)25-14-16(8-12-23)17-13-19-21(4)10-6-9-20(2,3)18(21)7-11-22(19,5)26-17/h8,17-19,23H,6-7,9-14H2,1-5H3/b16-8-/t17-,18+,19-,21-,22+/m1/s1. The SMILES string of the molecule is CC(=O)OC/C(=C/CO)[C@H]1C[C@@H]2[C@]3(C)CCCC(C)(C)[C@@H]3CC[C@]2(C)O1. The quantitative estimate of drug-likeness (QED) is 0.598. The third-order valence-corrected chi connectivity index (χ3v) is 7.81. The van der Waals surface area contributed by atoms with Crippen LogP contribution in [0.3, 0.4) is 0 Å². The number of hydrogen-bond donors (Lipinski definition) is 1. The van der Waals surface area contributed by atoms with E-state index < -0.39 is 0 Å². The van der Waals surface area contributed by atoms with E-state index in [0.29, 0.717) is 16.7 Å². The Morgan fingerprint density at radius 2 is 1.92 bits per heavy atom. The smallest absolute Gasteiger partial charge is 0.302 e. The number of fused-ring (bicyclic) bond motifs is 3. The van der Waals surface area contributed by atoms with Gasteiger partial charge in [0.25, 0.3) is 0 Å². The van der Waals surface area contributed by atoms with E-state index in [2.05, 4.69) is 27.7 Å². The van der Waals surface area contributed by atoms with E-state index in [0.717, 1.165) is 24.3 Å². The van der Waals surface area contributed by atoms with E-state index in [1.807, 2.05) is 0 Å². The highest BCUT2D eigenvalue weighted by molar-refractivity contribution is 5.66. The molecule has 26 heavy (non-hydrogen) atoms. The summed E-state index contributed by atoms with van der Waals surface area (Å²) in [7, 11) is 0. The average molecular weight is 365 g/mol. The summed E-state index contributed by atoms with van der Waals surface area (Å²) in [6, 6.07) is 0. The summed E-state index contributed by atoms with van der Waals surface area (Å²) >= 11 is 0. The molecule has 0 unspecified atom stereocenters. The number of aliphatic hydroxyl groups is 1. The van der Waals surface area contributed by atoms with E-state index in [9.17, 15) is 9.90 Å². The number of rotatable bonds is 4. The van der Waals surface area contributed by atoms with Gasteiger partial charge in [-0.15, -0.1) is 0 Å². The van der Waals surface area contributed by atoms with Crippen molar-refractivity contribution in [3.8, 4) is 0 Å². The molecule has 5 atom stereocenters. The molecule has 1 aliphatic heterocycles. The van der Waals surface area contributed by atoms with Gasteiger partial charge in [0.2, 0.25) is 0 Å². The first-order chi connectivity index (χ1) is 12.1. The summed E-state index contributed by atoms with van der Waals surface area (Å²) in [6.07, 6.45) is 8.89. The second-order valence-electron chi connectivity index (χ2n) is 9.89. The van der Waals surface area contributed by atoms with Crippen LogP contribution in [0.25, 0.3) is 0 Å². The molecule has 2 aliphatic carbocycles. The highest BCUT2D eigenvalue weighted by atomic mass is 16.5. The van der Waals surface area contributed by atoms with E-state index >= 15 is 0 Å². The van der Waals surface area contributed by atoms with Crippen LogP contribution in [-0.4, -0.2) is 36.0 Å². The Morgan fingerprint density at radius 1 is 1.19 bits per heavy atom. The van der Waals surface area contributed by atoms with Gasteiger partial charge in [-0.25, -0.2) is 0 Å². The molecule has 0 bridgehead atoms. The van der Waals surface area contributed by atoms with Gasteiger partial charge in [-0.2, -0.15) is 0 Å². The lowest BCUT2D eigenvalue weighted by molar-refractivity contribution is -0.153. The van der Waals surface area contributed by atoms with Gasteiger partial charge >= 0.3 is 5.97 Å². The van der Waals surface area contributed by atoms with Crippen LogP contribution < -0.4 is 0 Å². The summed E-state index contributed by atoms with van der Waals surface area (Å²) in [4.78, 5) is 11.2. The minimum atomic E-state index is -0.295. The zero-order valence-electron chi connectivity index (χ0n) is 17.1. The van der Waals surface area contributed by atoms with Gasteiger partial charge in [0.1, 0.15) is 6.61 Å². The summed E-state index contributed by atoms with van der Waals surface area (Å²) < 4.78 is 11.8. The van der Waals surface area contributed by atoms with Crippen LogP contribution in [0.5, 0.6) is 0 Å². The highest BCUT2D eigenvalue weighted by Crippen LogP contribution is 2.65. The van der Waals surface area contributed by atoms with Crippen LogP contribution in [0.1, 0.15) is 73.1 Å². The number of carbonyl (C=O) groups excluding carboxylic acids is 1. The van der Waals surface area contributed by atoms with Crippen LogP contribution in [0.4, 0.5) is 0 Å². The van der Waals surface area contributed by atoms with Crippen molar-refractivity contribution in [2.45, 2.75) is 84.8 Å². The fourth-order valence-corrected chi connectivity index (χ4v) is 6.67. The van der Waals surface area contributed by atoms with E-state index in [-0.39, 0.29) is 30.9 Å². The van der Waals surface area contributed by atoms with Crippen LogP contribution in [-0.2, 0) is 14.3 Å². The number of ether oxygens (including phenoxy) is 2. The Labute approximate surface area is 158 Å². The summed E-state index contributed by atoms with van der Waals surface area (Å²) in [6.45, 7) is 11.3. The molecule has 2 saturated carbocycles. The first-order valence-electron chi connectivity index (χ1n) is 10.2. The predicted octanol–water partition coefficient (Wildman–Crippen LogP) is 4.26. The maximum Gasteiger partial charge on any atom is 0.302 e. The van der Waals surface area contributed by atoms with Crippen molar-refractivity contribution in [1.82, 2.24) is 0 Å². The second kappa shape index (κ2) is 6.94. The maximum absolute atomic E-state index is 11.2. The van der Waals surface area contributed by atoms with Crippen LogP contribution in [0.15, 0.2) is 11.6 Å². The van der Waals surface area contributed by atoms with Crippen molar-refractivity contribution in [3.05, 3.63) is 11.6 Å². The zero-order valence-corrected chi connectivity index (χ0v) is 17.1. The predicted molar refractivity (Wildman–Crippen MR) is 102 cm³/mol. The zero-order chi connectivity index (χ0) is 19.2. The monoisotopic (exact) mass is 364 g/mol. The molecule has 0 amide bonds. The fourth-order valence-electron chi connectivity index (χ4n) is 6.67. The summed E-state index contributed by atoms with van der Waals surface area (Å²) in [5.74, 6) is 0.956. The second-order valence-corrected chi connectivity index (χ2v) is 9.89. The fraction of sp³-hybridized carbons (Fsp3) is 0.864. The number of hydrogen-bond acceptors (Lipinski definition) is 4. The van der Waals surface area contributed by atoms with Crippen molar-refractivity contribution >= 4 is 5.97 Å². The Morgan fingerprint density at radius 3 is 2.58 bits per heavy atom. The van der Waals surface area contributed by atoms with E-state index in [1.165, 1.54) is 32.6 Å². The molecule has 4 nitrogen and oxygen atoms in total.